The number of nitrogens with zero attached hydrogens (tertiary/aromatic N) is 3. The van der Waals surface area contributed by atoms with Crippen LogP contribution in [-0.4, -0.2) is 15.1 Å². The summed E-state index contributed by atoms with van der Waals surface area (Å²) < 4.78 is 5.28. The van der Waals surface area contributed by atoms with Gasteiger partial charge in [0, 0.05) is 6.20 Å². The van der Waals surface area contributed by atoms with Crippen molar-refractivity contribution >= 4 is 0 Å². The van der Waals surface area contributed by atoms with E-state index in [2.05, 4.69) is 22.0 Å². The van der Waals surface area contributed by atoms with Crippen LogP contribution in [0, 0.1) is 5.41 Å². The fourth-order valence-electron chi connectivity index (χ4n) is 1.75. The van der Waals surface area contributed by atoms with Gasteiger partial charge in [-0.05, 0) is 23.5 Å². The molecule has 0 fully saturated rings. The summed E-state index contributed by atoms with van der Waals surface area (Å²) in [7, 11) is 0. The number of aromatic nitrogens is 3. The minimum absolute atomic E-state index is 0.124. The fourth-order valence-corrected chi connectivity index (χ4v) is 1.75. The second-order valence-electron chi connectivity index (χ2n) is 5.66. The molecule has 0 aliphatic heterocycles. The lowest BCUT2D eigenvalue weighted by molar-refractivity contribution is 0.253. The SMILES string of the molecule is CCc1cccnc1-c1noc([C@@H](N)C(C)(C)C)n1. The Labute approximate surface area is 113 Å². The first-order valence-electron chi connectivity index (χ1n) is 6.47. The van der Waals surface area contributed by atoms with Crippen molar-refractivity contribution in [1.29, 1.82) is 0 Å². The van der Waals surface area contributed by atoms with Crippen molar-refractivity contribution in [2.75, 3.05) is 0 Å². The summed E-state index contributed by atoms with van der Waals surface area (Å²) in [4.78, 5) is 8.72. The molecule has 2 aromatic rings. The number of hydrogen-bond acceptors (Lipinski definition) is 5. The maximum Gasteiger partial charge on any atom is 0.244 e. The second-order valence-corrected chi connectivity index (χ2v) is 5.66. The second kappa shape index (κ2) is 5.09. The number of aryl methyl sites for hydroxylation is 1. The Morgan fingerprint density at radius 2 is 2.11 bits per heavy atom. The molecule has 102 valence electrons. The Morgan fingerprint density at radius 1 is 1.37 bits per heavy atom. The molecule has 0 aliphatic rings. The monoisotopic (exact) mass is 260 g/mol. The molecule has 0 saturated carbocycles. The third-order valence-corrected chi connectivity index (χ3v) is 3.12. The lowest BCUT2D eigenvalue weighted by Crippen LogP contribution is -2.26. The summed E-state index contributed by atoms with van der Waals surface area (Å²) >= 11 is 0. The zero-order chi connectivity index (χ0) is 14.0. The predicted molar refractivity (Wildman–Crippen MR) is 73.3 cm³/mol. The smallest absolute Gasteiger partial charge is 0.244 e. The fraction of sp³-hybridized carbons (Fsp3) is 0.500. The van der Waals surface area contributed by atoms with E-state index in [9.17, 15) is 0 Å². The molecule has 0 spiro atoms. The van der Waals surface area contributed by atoms with Crippen LogP contribution in [0.2, 0.25) is 0 Å². The molecule has 1 atom stereocenters. The van der Waals surface area contributed by atoms with E-state index >= 15 is 0 Å². The van der Waals surface area contributed by atoms with Gasteiger partial charge in [0.25, 0.3) is 0 Å². The van der Waals surface area contributed by atoms with Crippen LogP contribution in [0.25, 0.3) is 11.5 Å². The number of pyridine rings is 1. The quantitative estimate of drug-likeness (QED) is 0.918. The topological polar surface area (TPSA) is 77.8 Å². The summed E-state index contributed by atoms with van der Waals surface area (Å²) in [5, 5.41) is 4.00. The van der Waals surface area contributed by atoms with Crippen LogP contribution in [0.5, 0.6) is 0 Å². The summed E-state index contributed by atoms with van der Waals surface area (Å²) in [6.45, 7) is 8.20. The van der Waals surface area contributed by atoms with Crippen LogP contribution < -0.4 is 5.73 Å². The van der Waals surface area contributed by atoms with Crippen molar-refractivity contribution in [1.82, 2.24) is 15.1 Å². The highest BCUT2D eigenvalue weighted by Crippen LogP contribution is 2.30. The molecule has 19 heavy (non-hydrogen) atoms. The lowest BCUT2D eigenvalue weighted by atomic mass is 9.87. The molecule has 2 rings (SSSR count). The van der Waals surface area contributed by atoms with Gasteiger partial charge < -0.3 is 10.3 Å². The third kappa shape index (κ3) is 2.81. The standard InChI is InChI=1S/C14H20N4O/c1-5-9-7-6-8-16-10(9)12-17-13(19-18-12)11(15)14(2,3)4/h6-8,11H,5,15H2,1-4H3/t11-/m1/s1. The summed E-state index contributed by atoms with van der Waals surface area (Å²) in [5.74, 6) is 0.961. The van der Waals surface area contributed by atoms with Gasteiger partial charge in [-0.25, -0.2) is 0 Å². The molecule has 0 bridgehead atoms. The Kier molecular flexibility index (Phi) is 3.66. The molecule has 0 amide bonds. The van der Waals surface area contributed by atoms with Crippen molar-refractivity contribution in [3.8, 4) is 11.5 Å². The van der Waals surface area contributed by atoms with Gasteiger partial charge in [-0.2, -0.15) is 4.98 Å². The van der Waals surface area contributed by atoms with E-state index < -0.39 is 0 Å². The van der Waals surface area contributed by atoms with Gasteiger partial charge in [-0.1, -0.05) is 38.9 Å². The average molecular weight is 260 g/mol. The van der Waals surface area contributed by atoms with E-state index in [-0.39, 0.29) is 11.5 Å². The Bertz CT molecular complexity index is 557. The molecule has 2 aromatic heterocycles. The lowest BCUT2D eigenvalue weighted by Gasteiger charge is -2.23. The maximum atomic E-state index is 6.12. The van der Waals surface area contributed by atoms with Gasteiger partial charge in [0.15, 0.2) is 0 Å². The largest absolute Gasteiger partial charge is 0.337 e. The highest BCUT2D eigenvalue weighted by molar-refractivity contribution is 5.53. The van der Waals surface area contributed by atoms with Crippen LogP contribution in [0.3, 0.4) is 0 Å². The predicted octanol–water partition coefficient (Wildman–Crippen LogP) is 2.74. The van der Waals surface area contributed by atoms with Gasteiger partial charge in [0.1, 0.15) is 5.69 Å². The molecule has 0 aromatic carbocycles. The molecule has 0 aliphatic carbocycles. The number of nitrogens with two attached hydrogens (primary N) is 1. The van der Waals surface area contributed by atoms with Gasteiger partial charge in [-0.3, -0.25) is 4.98 Å². The van der Waals surface area contributed by atoms with E-state index in [0.29, 0.717) is 11.7 Å². The van der Waals surface area contributed by atoms with Crippen molar-refractivity contribution in [3.63, 3.8) is 0 Å². The highest BCUT2D eigenvalue weighted by Gasteiger charge is 2.28. The Morgan fingerprint density at radius 3 is 2.74 bits per heavy atom. The van der Waals surface area contributed by atoms with Gasteiger partial charge >= 0.3 is 0 Å². The molecule has 2 N–H and O–H groups in total. The van der Waals surface area contributed by atoms with Crippen molar-refractivity contribution in [3.05, 3.63) is 29.8 Å². The van der Waals surface area contributed by atoms with Crippen LogP contribution in [0.1, 0.15) is 45.2 Å². The van der Waals surface area contributed by atoms with E-state index in [0.717, 1.165) is 17.7 Å². The molecular formula is C14H20N4O. The zero-order valence-corrected chi connectivity index (χ0v) is 11.8. The zero-order valence-electron chi connectivity index (χ0n) is 11.8. The Hall–Kier alpha value is -1.75. The normalized spacial score (nSPS) is 13.5. The highest BCUT2D eigenvalue weighted by atomic mass is 16.5. The third-order valence-electron chi connectivity index (χ3n) is 3.12. The minimum Gasteiger partial charge on any atom is -0.337 e. The van der Waals surface area contributed by atoms with Crippen molar-refractivity contribution < 1.29 is 4.52 Å². The molecule has 2 heterocycles. The van der Waals surface area contributed by atoms with Crippen LogP contribution in [-0.2, 0) is 6.42 Å². The summed E-state index contributed by atoms with van der Waals surface area (Å²) in [5.41, 5.74) is 7.86. The van der Waals surface area contributed by atoms with E-state index in [1.54, 1.807) is 6.20 Å². The molecular weight excluding hydrogens is 240 g/mol. The molecule has 0 saturated heterocycles. The summed E-state index contributed by atoms with van der Waals surface area (Å²) in [6, 6.07) is 3.63. The van der Waals surface area contributed by atoms with Crippen molar-refractivity contribution in [2.24, 2.45) is 11.1 Å². The van der Waals surface area contributed by atoms with E-state index in [1.165, 1.54) is 0 Å². The van der Waals surface area contributed by atoms with Crippen LogP contribution in [0.15, 0.2) is 22.9 Å². The minimum atomic E-state index is -0.289. The van der Waals surface area contributed by atoms with E-state index in [4.69, 9.17) is 10.3 Å². The van der Waals surface area contributed by atoms with Gasteiger partial charge in [0.05, 0.1) is 6.04 Å². The molecule has 5 nitrogen and oxygen atoms in total. The summed E-state index contributed by atoms with van der Waals surface area (Å²) in [6.07, 6.45) is 2.60. The van der Waals surface area contributed by atoms with Crippen LogP contribution in [0.4, 0.5) is 0 Å². The number of rotatable bonds is 3. The number of hydrogen-bond donors (Lipinski definition) is 1. The average Bonchev–Trinajstić information content (AvgIpc) is 2.86. The first-order valence-corrected chi connectivity index (χ1v) is 6.47. The van der Waals surface area contributed by atoms with Crippen LogP contribution >= 0.6 is 0 Å². The molecule has 0 unspecified atom stereocenters. The maximum absolute atomic E-state index is 6.12. The van der Waals surface area contributed by atoms with Crippen molar-refractivity contribution in [2.45, 2.75) is 40.2 Å². The first kappa shape index (κ1) is 13.7. The van der Waals surface area contributed by atoms with Gasteiger partial charge in [0.2, 0.25) is 11.7 Å². The van der Waals surface area contributed by atoms with Gasteiger partial charge in [-0.15, -0.1) is 0 Å². The first-order chi connectivity index (χ1) is 8.93. The van der Waals surface area contributed by atoms with E-state index in [1.807, 2.05) is 32.9 Å². The Balaban J connectivity index is 2.36. The molecule has 5 heteroatoms. The molecule has 0 radical (unpaired) electrons.